The molecule has 52 valence electrons. The first-order chi connectivity index (χ1) is 5.70. The zero-order chi connectivity index (χ0) is 8.72. The van der Waals surface area contributed by atoms with Gasteiger partial charge in [0.05, 0.1) is 8.44 Å². The van der Waals surface area contributed by atoms with Crippen LogP contribution in [0, 0.1) is 0 Å². The number of nitrogens with zero attached hydrogens (tertiary/aromatic N) is 2. The Morgan fingerprint density at radius 2 is 2.30 bits per heavy atom. The topological polar surface area (TPSA) is 25.8 Å². The molecule has 1 aromatic rings. The molecule has 10 heavy (non-hydrogen) atoms. The molecule has 0 spiro atoms. The predicted molar refractivity (Wildman–Crippen MR) is 41.7 cm³/mol. The van der Waals surface area contributed by atoms with Gasteiger partial charge in [0, 0.05) is 5.92 Å². The average molecular weight is 201 g/mol. The van der Waals surface area contributed by atoms with Crippen LogP contribution in [0.1, 0.15) is 27.2 Å². The summed E-state index contributed by atoms with van der Waals surface area (Å²) in [4.78, 5) is 0. The van der Waals surface area contributed by atoms with Gasteiger partial charge in [0.2, 0.25) is 0 Å². The maximum Gasteiger partial charge on any atom is 0.128 e. The first kappa shape index (κ1) is 4.44. The Morgan fingerprint density at radius 1 is 1.50 bits per heavy atom. The highest BCUT2D eigenvalue weighted by atomic mass is 79.9. The van der Waals surface area contributed by atoms with Gasteiger partial charge in [-0.2, -0.15) is 5.10 Å². The third-order valence-corrected chi connectivity index (χ3v) is 1.86. The fraction of sp³-hybridized carbons (Fsp3) is 0.429. The van der Waals surface area contributed by atoms with Crippen molar-refractivity contribution in [3.63, 3.8) is 0 Å². The Bertz CT molecular complexity index is 325. The van der Waals surface area contributed by atoms with E-state index in [4.69, 9.17) is 2.74 Å². The van der Waals surface area contributed by atoms with Gasteiger partial charge in [-0.1, -0.05) is 0 Å². The van der Waals surface area contributed by atoms with Crippen molar-refractivity contribution >= 4 is 15.9 Å². The molecule has 1 aliphatic carbocycles. The van der Waals surface area contributed by atoms with Crippen molar-refractivity contribution in [2.45, 2.75) is 18.8 Å². The molecule has 0 N–H and O–H groups in total. The van der Waals surface area contributed by atoms with Crippen LogP contribution in [0.25, 0.3) is 0 Å². The van der Waals surface area contributed by atoms with Crippen LogP contribution in [-0.2, 0) is 0 Å². The summed E-state index contributed by atoms with van der Waals surface area (Å²) in [5, 5.41) is 7.66. The molecule has 0 unspecified atom stereocenters. The Kier molecular flexibility index (Phi) is 1.02. The molecule has 3 heteroatoms. The van der Waals surface area contributed by atoms with Gasteiger partial charge >= 0.3 is 0 Å². The molecule has 0 aliphatic heterocycles. The van der Waals surface area contributed by atoms with Crippen LogP contribution in [0.4, 0.5) is 0 Å². The Hall–Kier alpha value is -0.440. The summed E-state index contributed by atoms with van der Waals surface area (Å²) in [6, 6.07) is 0.367. The van der Waals surface area contributed by atoms with Gasteiger partial charge in [-0.15, -0.1) is 5.10 Å². The van der Waals surface area contributed by atoms with E-state index in [-0.39, 0.29) is 12.1 Å². The lowest BCUT2D eigenvalue weighted by Crippen LogP contribution is -1.88. The van der Waals surface area contributed by atoms with E-state index < -0.39 is 0 Å². The van der Waals surface area contributed by atoms with Crippen molar-refractivity contribution < 1.29 is 2.74 Å². The minimum Gasteiger partial charge on any atom is -0.154 e. The molecule has 0 bridgehead atoms. The molecule has 1 aliphatic rings. The monoisotopic (exact) mass is 200 g/mol. The van der Waals surface area contributed by atoms with E-state index in [2.05, 4.69) is 26.1 Å². The molecule has 2 nitrogen and oxygen atoms in total. The van der Waals surface area contributed by atoms with Crippen molar-refractivity contribution in [1.29, 1.82) is 0 Å². The third kappa shape index (κ3) is 1.19. The van der Waals surface area contributed by atoms with Crippen LogP contribution in [-0.4, -0.2) is 10.2 Å². The van der Waals surface area contributed by atoms with E-state index in [9.17, 15) is 0 Å². The van der Waals surface area contributed by atoms with E-state index in [1.807, 2.05) is 0 Å². The summed E-state index contributed by atoms with van der Waals surface area (Å²) >= 11 is 3.07. The molecule has 0 saturated heterocycles. The first-order valence-electron chi connectivity index (χ1n) is 4.19. The van der Waals surface area contributed by atoms with Crippen LogP contribution >= 0.6 is 15.9 Å². The summed E-state index contributed by atoms with van der Waals surface area (Å²) in [7, 11) is 0. The van der Waals surface area contributed by atoms with Crippen molar-refractivity contribution in [2.24, 2.45) is 0 Å². The highest BCUT2D eigenvalue weighted by Crippen LogP contribution is 2.38. The first-order valence-corrected chi connectivity index (χ1v) is 3.98. The standard InChI is InChI=1S/C7H7BrN2/c8-7-4-3-6(9-10-7)5-1-2-5/h3-5H,1-2H2/i3D,4D. The van der Waals surface area contributed by atoms with Crippen LogP contribution in [0.5, 0.6) is 0 Å². The van der Waals surface area contributed by atoms with Crippen molar-refractivity contribution in [3.8, 4) is 0 Å². The number of hydrogen-bond donors (Lipinski definition) is 0. The van der Waals surface area contributed by atoms with E-state index >= 15 is 0 Å². The van der Waals surface area contributed by atoms with E-state index in [1.54, 1.807) is 0 Å². The SMILES string of the molecule is [2H]c1c(Br)nnc(C2CC2)c1[2H]. The van der Waals surface area contributed by atoms with Gasteiger partial charge in [-0.3, -0.25) is 0 Å². The van der Waals surface area contributed by atoms with Gasteiger partial charge in [0.1, 0.15) is 4.60 Å². The Balaban J connectivity index is 2.49. The second-order valence-electron chi connectivity index (χ2n) is 2.40. The number of hydrogen-bond acceptors (Lipinski definition) is 2. The molecule has 1 fully saturated rings. The summed E-state index contributed by atoms with van der Waals surface area (Å²) in [5.74, 6) is 0.391. The maximum absolute atomic E-state index is 7.59. The molecule has 0 aromatic carbocycles. The van der Waals surface area contributed by atoms with E-state index in [1.165, 1.54) is 0 Å². The maximum atomic E-state index is 7.59. The molecule has 0 atom stereocenters. The molecule has 0 amide bonds. The minimum atomic E-state index is 0.145. The van der Waals surface area contributed by atoms with Crippen molar-refractivity contribution in [3.05, 3.63) is 22.4 Å². The number of halogens is 1. The van der Waals surface area contributed by atoms with Crippen LogP contribution in [0.15, 0.2) is 16.7 Å². The second kappa shape index (κ2) is 2.31. The van der Waals surface area contributed by atoms with Gasteiger partial charge in [0.25, 0.3) is 0 Å². The van der Waals surface area contributed by atoms with Crippen LogP contribution in [0.2, 0.25) is 0 Å². The highest BCUT2D eigenvalue weighted by Gasteiger charge is 2.24. The van der Waals surface area contributed by atoms with Crippen LogP contribution in [0.3, 0.4) is 0 Å². The molecule has 1 saturated carbocycles. The predicted octanol–water partition coefficient (Wildman–Crippen LogP) is 2.12. The molecule has 1 heterocycles. The average Bonchev–Trinajstić information content (AvgIpc) is 2.84. The smallest absolute Gasteiger partial charge is 0.128 e. The zero-order valence-corrected chi connectivity index (χ0v) is 6.85. The van der Waals surface area contributed by atoms with Crippen molar-refractivity contribution in [2.75, 3.05) is 0 Å². The van der Waals surface area contributed by atoms with Gasteiger partial charge in [-0.25, -0.2) is 0 Å². The van der Waals surface area contributed by atoms with Gasteiger partial charge in [-0.05, 0) is 40.9 Å². The molecule has 0 radical (unpaired) electrons. The van der Waals surface area contributed by atoms with E-state index in [0.717, 1.165) is 12.8 Å². The van der Waals surface area contributed by atoms with Gasteiger partial charge in [0.15, 0.2) is 0 Å². The molecular weight excluding hydrogens is 192 g/mol. The lowest BCUT2D eigenvalue weighted by atomic mass is 10.3. The van der Waals surface area contributed by atoms with Crippen LogP contribution < -0.4 is 0 Å². The lowest BCUT2D eigenvalue weighted by Gasteiger charge is -1.92. The lowest BCUT2D eigenvalue weighted by molar-refractivity contribution is 0.896. The summed E-state index contributed by atoms with van der Waals surface area (Å²) in [6.45, 7) is 0. The zero-order valence-electron chi connectivity index (χ0n) is 7.26. The number of rotatable bonds is 1. The minimum absolute atomic E-state index is 0.145. The number of aromatic nitrogens is 2. The fourth-order valence-electron chi connectivity index (χ4n) is 0.804. The summed E-state index contributed by atoms with van der Waals surface area (Å²) < 4.78 is 15.4. The fourth-order valence-corrected chi connectivity index (χ4v) is 0.982. The molecule has 2 rings (SSSR count). The summed E-state index contributed by atoms with van der Waals surface area (Å²) in [6.07, 6.45) is 2.17. The normalized spacial score (nSPS) is 20.1. The highest BCUT2D eigenvalue weighted by molar-refractivity contribution is 9.10. The largest absolute Gasteiger partial charge is 0.154 e. The quantitative estimate of drug-likeness (QED) is 0.695. The second-order valence-corrected chi connectivity index (χ2v) is 3.15. The summed E-state index contributed by atoms with van der Waals surface area (Å²) in [5.41, 5.74) is 0.684. The van der Waals surface area contributed by atoms with E-state index in [0.29, 0.717) is 16.2 Å². The van der Waals surface area contributed by atoms with Gasteiger partial charge < -0.3 is 0 Å². The molecular formula is C7H7BrN2. The van der Waals surface area contributed by atoms with Crippen molar-refractivity contribution in [1.82, 2.24) is 10.2 Å². The Labute approximate surface area is 70.6 Å². The Morgan fingerprint density at radius 3 is 3.00 bits per heavy atom. The third-order valence-electron chi connectivity index (χ3n) is 1.50. The molecule has 1 aromatic heterocycles.